The van der Waals surface area contributed by atoms with Crippen molar-refractivity contribution in [3.05, 3.63) is 12.2 Å². The van der Waals surface area contributed by atoms with Crippen LogP contribution in [0.4, 0.5) is 0 Å². The summed E-state index contributed by atoms with van der Waals surface area (Å²) in [6, 6.07) is -1.03. The predicted molar refractivity (Wildman–Crippen MR) is 233 cm³/mol. The molecule has 7 N–H and O–H groups in total. The second-order valence-electron chi connectivity index (χ2n) is 16.8. The van der Waals surface area contributed by atoms with E-state index in [1.54, 1.807) is 0 Å². The lowest BCUT2D eigenvalue weighted by atomic mass is 9.99. The molecule has 59 heavy (non-hydrogen) atoms. The van der Waals surface area contributed by atoms with Crippen molar-refractivity contribution in [2.75, 3.05) is 13.2 Å². The van der Waals surface area contributed by atoms with Gasteiger partial charge < -0.3 is 40.3 Å². The van der Waals surface area contributed by atoms with Gasteiger partial charge in [0.1, 0.15) is 30.5 Å². The Balaban J connectivity index is 2.48. The Labute approximate surface area is 358 Å². The van der Waals surface area contributed by atoms with Crippen LogP contribution in [-0.2, 0) is 28.9 Å². The van der Waals surface area contributed by atoms with Crippen molar-refractivity contribution in [1.82, 2.24) is 5.32 Å². The van der Waals surface area contributed by atoms with Crippen LogP contribution in [0, 0.1) is 0 Å². The van der Waals surface area contributed by atoms with Gasteiger partial charge in [-0.1, -0.05) is 180 Å². The molecule has 13 nitrogen and oxygen atoms in total. The Kier molecular flexibility index (Phi) is 34.3. The number of rotatable bonds is 40. The molecule has 1 aliphatic heterocycles. The number of aliphatic hydroxyl groups is 5. The van der Waals surface area contributed by atoms with Gasteiger partial charge in [-0.2, -0.15) is 8.42 Å². The number of amides is 1. The van der Waals surface area contributed by atoms with Crippen LogP contribution in [0.3, 0.4) is 0 Å². The SMILES string of the molecule is CCCCCCCCCCCC/C=C\CCCCCCCCC(O)C(=O)NC(COC1OC(CO)C(O)C(OS(=O)(=O)O)C1O)C(O)CCCCCCCCCCCC. The third-order valence-corrected chi connectivity index (χ3v) is 11.9. The van der Waals surface area contributed by atoms with Gasteiger partial charge in [-0.25, -0.2) is 4.18 Å². The van der Waals surface area contributed by atoms with Gasteiger partial charge >= 0.3 is 10.4 Å². The van der Waals surface area contributed by atoms with Crippen LogP contribution < -0.4 is 5.32 Å². The van der Waals surface area contributed by atoms with E-state index in [0.717, 1.165) is 57.8 Å². The van der Waals surface area contributed by atoms with Crippen molar-refractivity contribution in [2.45, 2.75) is 255 Å². The highest BCUT2D eigenvalue weighted by molar-refractivity contribution is 7.80. The number of nitrogens with one attached hydrogen (secondary N) is 1. The van der Waals surface area contributed by atoms with Crippen molar-refractivity contribution >= 4 is 16.3 Å². The summed E-state index contributed by atoms with van der Waals surface area (Å²) >= 11 is 0. The molecular formula is C45H87NO12S. The Morgan fingerprint density at radius 3 is 1.53 bits per heavy atom. The summed E-state index contributed by atoms with van der Waals surface area (Å²) in [7, 11) is -5.11. The van der Waals surface area contributed by atoms with Crippen molar-refractivity contribution < 1.29 is 57.0 Å². The van der Waals surface area contributed by atoms with E-state index < -0.39 is 78.5 Å². The fraction of sp³-hybridized carbons (Fsp3) is 0.933. The summed E-state index contributed by atoms with van der Waals surface area (Å²) in [5.41, 5.74) is 0. The molecule has 350 valence electrons. The molecule has 0 aromatic rings. The second-order valence-corrected chi connectivity index (χ2v) is 17.9. The molecule has 1 heterocycles. The van der Waals surface area contributed by atoms with E-state index in [2.05, 4.69) is 35.5 Å². The normalized spacial score (nSPS) is 21.5. The minimum Gasteiger partial charge on any atom is -0.394 e. The van der Waals surface area contributed by atoms with E-state index in [9.17, 15) is 38.7 Å². The van der Waals surface area contributed by atoms with E-state index in [-0.39, 0.29) is 6.42 Å². The molecule has 14 heteroatoms. The van der Waals surface area contributed by atoms with E-state index in [4.69, 9.17) is 14.0 Å². The van der Waals surface area contributed by atoms with Crippen LogP contribution in [0.5, 0.6) is 0 Å². The van der Waals surface area contributed by atoms with Crippen LogP contribution in [-0.4, -0.2) is 107 Å². The Morgan fingerprint density at radius 2 is 1.08 bits per heavy atom. The van der Waals surface area contributed by atoms with Crippen LogP contribution in [0.25, 0.3) is 0 Å². The number of carbonyl (C=O) groups is 1. The Bertz CT molecular complexity index is 1130. The zero-order valence-corrected chi connectivity index (χ0v) is 37.8. The molecule has 0 spiro atoms. The Hall–Kier alpha value is -1.20. The van der Waals surface area contributed by atoms with Gasteiger partial charge in [0.05, 0.1) is 25.4 Å². The Morgan fingerprint density at radius 1 is 0.661 bits per heavy atom. The maximum atomic E-state index is 13.1. The molecule has 8 unspecified atom stereocenters. The lowest BCUT2D eigenvalue weighted by molar-refractivity contribution is -0.298. The van der Waals surface area contributed by atoms with E-state index >= 15 is 0 Å². The minimum absolute atomic E-state index is 0.255. The van der Waals surface area contributed by atoms with Crippen LogP contribution in [0.2, 0.25) is 0 Å². The summed E-state index contributed by atoms with van der Waals surface area (Å²) in [6.45, 7) is 3.25. The fourth-order valence-electron chi connectivity index (χ4n) is 7.64. The molecule has 1 amide bonds. The van der Waals surface area contributed by atoms with E-state index in [1.807, 2.05) is 0 Å². The molecular weight excluding hydrogens is 779 g/mol. The number of aliphatic hydroxyl groups excluding tert-OH is 5. The standard InChI is InChI=1S/C45H87NO12S/c1-3-5-7-9-11-13-15-16-17-18-19-20-21-22-23-24-26-28-30-32-34-39(49)44(52)46-37(38(48)33-31-29-27-25-14-12-10-8-6-4-2)36-56-45-42(51)43(58-59(53,54)55)41(50)40(35-47)57-45/h20-21,37-43,45,47-51H,3-19,22-36H2,1-2H3,(H,46,52)(H,53,54,55)/b21-20-. The second kappa shape index (κ2) is 36.3. The van der Waals surface area contributed by atoms with Gasteiger partial charge in [-0.3, -0.25) is 9.35 Å². The number of hydrogen-bond donors (Lipinski definition) is 7. The molecule has 0 radical (unpaired) electrons. The fourth-order valence-corrected chi connectivity index (χ4v) is 8.15. The summed E-state index contributed by atoms with van der Waals surface area (Å²) < 4.78 is 47.5. The molecule has 0 bridgehead atoms. The van der Waals surface area contributed by atoms with Gasteiger partial charge in [-0.15, -0.1) is 0 Å². The zero-order chi connectivity index (χ0) is 43.6. The first-order valence-electron chi connectivity index (χ1n) is 23.7. The third kappa shape index (κ3) is 28.9. The molecule has 1 rings (SSSR count). The topological polar surface area (TPSA) is 212 Å². The summed E-state index contributed by atoms with van der Waals surface area (Å²) in [5.74, 6) is -0.674. The molecule has 1 fully saturated rings. The summed E-state index contributed by atoms with van der Waals surface area (Å²) in [4.78, 5) is 13.1. The number of unbranched alkanes of at least 4 members (excludes halogenated alkanes) is 25. The summed E-state index contributed by atoms with van der Waals surface area (Å²) in [5, 5.41) is 55.3. The average Bonchev–Trinajstić information content (AvgIpc) is 3.20. The molecule has 0 aromatic heterocycles. The highest BCUT2D eigenvalue weighted by atomic mass is 32.3. The smallest absolute Gasteiger partial charge is 0.394 e. The predicted octanol–water partition coefficient (Wildman–Crippen LogP) is 8.14. The average molecular weight is 866 g/mol. The molecule has 0 aliphatic carbocycles. The quantitative estimate of drug-likeness (QED) is 0.0177. The summed E-state index contributed by atoms with van der Waals surface area (Å²) in [6.07, 6.45) is 27.0. The molecule has 0 saturated carbocycles. The number of allylic oxidation sites excluding steroid dienone is 2. The first-order chi connectivity index (χ1) is 28.4. The first kappa shape index (κ1) is 55.8. The zero-order valence-electron chi connectivity index (χ0n) is 36.9. The van der Waals surface area contributed by atoms with Crippen molar-refractivity contribution in [2.24, 2.45) is 0 Å². The largest absolute Gasteiger partial charge is 0.397 e. The van der Waals surface area contributed by atoms with Gasteiger partial charge in [-0.05, 0) is 38.5 Å². The van der Waals surface area contributed by atoms with Gasteiger partial charge in [0, 0.05) is 0 Å². The number of hydrogen-bond acceptors (Lipinski definition) is 11. The van der Waals surface area contributed by atoms with Gasteiger partial charge in [0.15, 0.2) is 6.29 Å². The van der Waals surface area contributed by atoms with Crippen molar-refractivity contribution in [1.29, 1.82) is 0 Å². The lowest BCUT2D eigenvalue weighted by Gasteiger charge is -2.41. The molecule has 8 atom stereocenters. The third-order valence-electron chi connectivity index (χ3n) is 11.4. The highest BCUT2D eigenvalue weighted by Gasteiger charge is 2.48. The van der Waals surface area contributed by atoms with Crippen molar-refractivity contribution in [3.8, 4) is 0 Å². The molecule has 0 aromatic carbocycles. The van der Waals surface area contributed by atoms with E-state index in [0.29, 0.717) is 19.3 Å². The lowest BCUT2D eigenvalue weighted by Crippen LogP contribution is -2.61. The highest BCUT2D eigenvalue weighted by Crippen LogP contribution is 2.26. The maximum Gasteiger partial charge on any atom is 0.397 e. The van der Waals surface area contributed by atoms with Crippen molar-refractivity contribution in [3.63, 3.8) is 0 Å². The molecule has 1 saturated heterocycles. The monoisotopic (exact) mass is 866 g/mol. The van der Waals surface area contributed by atoms with Crippen LogP contribution >= 0.6 is 0 Å². The number of carbonyl (C=O) groups excluding carboxylic acids is 1. The molecule has 1 aliphatic rings. The van der Waals surface area contributed by atoms with Crippen LogP contribution in [0.1, 0.15) is 206 Å². The van der Waals surface area contributed by atoms with Gasteiger partial charge in [0.2, 0.25) is 5.91 Å². The first-order valence-corrected chi connectivity index (χ1v) is 25.0. The minimum atomic E-state index is -5.11. The maximum absolute atomic E-state index is 13.1. The van der Waals surface area contributed by atoms with Crippen LogP contribution in [0.15, 0.2) is 12.2 Å². The van der Waals surface area contributed by atoms with E-state index in [1.165, 1.54) is 109 Å². The number of ether oxygens (including phenoxy) is 2. The van der Waals surface area contributed by atoms with Gasteiger partial charge in [0.25, 0.3) is 0 Å².